The second-order valence-electron chi connectivity index (χ2n) is 1.26. The molecule has 0 aliphatic heterocycles. The highest BCUT2D eigenvalue weighted by Gasteiger charge is 2.30. The molecule has 0 radical (unpaired) electrons. The molecule has 0 saturated carbocycles. The first kappa shape index (κ1) is 8.61. The van der Waals surface area contributed by atoms with Crippen LogP contribution in [0.5, 0.6) is 0 Å². The highest BCUT2D eigenvalue weighted by atomic mass is 19.4. The Morgan fingerprint density at radius 2 is 1.78 bits per heavy atom. The maximum atomic E-state index is 11.4. The molecule has 0 saturated heterocycles. The SMILES string of the molecule is FCC(F)NC(F)(F)F. The van der Waals surface area contributed by atoms with Crippen molar-refractivity contribution in [2.75, 3.05) is 6.67 Å². The Labute approximate surface area is 47.8 Å². The first-order chi connectivity index (χ1) is 3.95. The molecule has 9 heavy (non-hydrogen) atoms. The number of hydrogen-bond acceptors (Lipinski definition) is 1. The molecule has 1 unspecified atom stereocenters. The summed E-state index contributed by atoms with van der Waals surface area (Å²) in [4.78, 5) is 0. The van der Waals surface area contributed by atoms with E-state index in [2.05, 4.69) is 0 Å². The molecule has 1 nitrogen and oxygen atoms in total. The van der Waals surface area contributed by atoms with Crippen LogP contribution in [0.1, 0.15) is 0 Å². The smallest absolute Gasteiger partial charge is 0.246 e. The van der Waals surface area contributed by atoms with E-state index in [1.807, 2.05) is 0 Å². The van der Waals surface area contributed by atoms with Gasteiger partial charge in [0.15, 0.2) is 6.30 Å². The van der Waals surface area contributed by atoms with Crippen LogP contribution < -0.4 is 5.32 Å². The lowest BCUT2D eigenvalue weighted by atomic mass is 10.7. The van der Waals surface area contributed by atoms with Crippen LogP contribution in [0.3, 0.4) is 0 Å². The summed E-state index contributed by atoms with van der Waals surface area (Å²) in [6, 6.07) is 0. The van der Waals surface area contributed by atoms with E-state index in [9.17, 15) is 22.0 Å². The van der Waals surface area contributed by atoms with Crippen LogP contribution in [-0.4, -0.2) is 19.3 Å². The van der Waals surface area contributed by atoms with E-state index in [1.165, 1.54) is 0 Å². The first-order valence-corrected chi connectivity index (χ1v) is 2.00. The summed E-state index contributed by atoms with van der Waals surface area (Å²) >= 11 is 0. The molecule has 56 valence electrons. The quantitative estimate of drug-likeness (QED) is 0.461. The molecule has 0 heterocycles. The average molecular weight is 149 g/mol. The highest BCUT2D eigenvalue weighted by Crippen LogP contribution is 2.10. The van der Waals surface area contributed by atoms with E-state index in [0.29, 0.717) is 5.32 Å². The maximum Gasteiger partial charge on any atom is 0.459 e. The lowest BCUT2D eigenvalue weighted by Crippen LogP contribution is -2.39. The topological polar surface area (TPSA) is 12.0 Å². The van der Waals surface area contributed by atoms with Gasteiger partial charge in [-0.3, -0.25) is 0 Å². The van der Waals surface area contributed by atoms with Gasteiger partial charge in [0.2, 0.25) is 0 Å². The molecular weight excluding hydrogens is 145 g/mol. The molecule has 0 aromatic rings. The average Bonchev–Trinajstić information content (AvgIpc) is 1.62. The highest BCUT2D eigenvalue weighted by molar-refractivity contribution is 4.52. The van der Waals surface area contributed by atoms with Crippen molar-refractivity contribution in [3.05, 3.63) is 0 Å². The summed E-state index contributed by atoms with van der Waals surface area (Å²) in [5.41, 5.74) is 0. The minimum atomic E-state index is -4.84. The van der Waals surface area contributed by atoms with Gasteiger partial charge >= 0.3 is 6.30 Å². The fourth-order valence-electron chi connectivity index (χ4n) is 0.216. The van der Waals surface area contributed by atoms with Crippen LogP contribution in [0.4, 0.5) is 22.0 Å². The molecule has 0 spiro atoms. The van der Waals surface area contributed by atoms with Crippen LogP contribution >= 0.6 is 0 Å². The van der Waals surface area contributed by atoms with Gasteiger partial charge in [0, 0.05) is 0 Å². The molecule has 6 heteroatoms. The zero-order chi connectivity index (χ0) is 7.49. The van der Waals surface area contributed by atoms with Gasteiger partial charge in [-0.1, -0.05) is 0 Å². The summed E-state index contributed by atoms with van der Waals surface area (Å²) in [5, 5.41) is 0.427. The zero-order valence-electron chi connectivity index (χ0n) is 4.17. The molecule has 0 amide bonds. The normalized spacial score (nSPS) is 15.7. The van der Waals surface area contributed by atoms with Gasteiger partial charge in [-0.25, -0.2) is 8.78 Å². The third-order valence-corrected chi connectivity index (χ3v) is 0.456. The third kappa shape index (κ3) is 5.48. The summed E-state index contributed by atoms with van der Waals surface area (Å²) in [6.07, 6.45) is -7.49. The lowest BCUT2D eigenvalue weighted by Gasteiger charge is -2.08. The monoisotopic (exact) mass is 149 g/mol. The van der Waals surface area contributed by atoms with Crippen LogP contribution in [-0.2, 0) is 0 Å². The van der Waals surface area contributed by atoms with Gasteiger partial charge in [0.1, 0.15) is 6.67 Å². The molecule has 0 aliphatic rings. The largest absolute Gasteiger partial charge is 0.459 e. The Morgan fingerprint density at radius 3 is 1.89 bits per heavy atom. The predicted molar refractivity (Wildman–Crippen MR) is 20.1 cm³/mol. The Morgan fingerprint density at radius 1 is 1.33 bits per heavy atom. The van der Waals surface area contributed by atoms with Crippen molar-refractivity contribution in [2.45, 2.75) is 12.6 Å². The third-order valence-electron chi connectivity index (χ3n) is 0.456. The van der Waals surface area contributed by atoms with Crippen LogP contribution in [0.2, 0.25) is 0 Å². The Hall–Kier alpha value is -0.390. The molecule has 0 aromatic heterocycles. The Balaban J connectivity index is 3.47. The van der Waals surface area contributed by atoms with Gasteiger partial charge < -0.3 is 0 Å². The molecule has 1 atom stereocenters. The van der Waals surface area contributed by atoms with Gasteiger partial charge in [0.05, 0.1) is 0 Å². The fraction of sp³-hybridized carbons (Fsp3) is 1.00. The molecule has 1 N–H and O–H groups in total. The van der Waals surface area contributed by atoms with E-state index < -0.39 is 19.3 Å². The van der Waals surface area contributed by atoms with Gasteiger partial charge in [-0.05, 0) is 0 Å². The predicted octanol–water partition coefficient (Wildman–Crippen LogP) is 1.36. The molecule has 0 aromatic carbocycles. The molecule has 0 bridgehead atoms. The fourth-order valence-corrected chi connectivity index (χ4v) is 0.216. The van der Waals surface area contributed by atoms with E-state index in [1.54, 1.807) is 0 Å². The summed E-state index contributed by atoms with van der Waals surface area (Å²) < 4.78 is 55.3. The number of hydrogen-bond donors (Lipinski definition) is 1. The summed E-state index contributed by atoms with van der Waals surface area (Å²) in [6.45, 7) is -1.68. The lowest BCUT2D eigenvalue weighted by molar-refractivity contribution is -0.175. The number of halogens is 5. The maximum absolute atomic E-state index is 11.4. The summed E-state index contributed by atoms with van der Waals surface area (Å²) in [5.74, 6) is 0. The van der Waals surface area contributed by atoms with Gasteiger partial charge in [-0.15, -0.1) is 0 Å². The first-order valence-electron chi connectivity index (χ1n) is 2.00. The van der Waals surface area contributed by atoms with E-state index in [-0.39, 0.29) is 0 Å². The summed E-state index contributed by atoms with van der Waals surface area (Å²) in [7, 11) is 0. The molecule has 0 fully saturated rings. The second kappa shape index (κ2) is 2.95. The minimum absolute atomic E-state index is 0.427. The minimum Gasteiger partial charge on any atom is -0.246 e. The van der Waals surface area contributed by atoms with Gasteiger partial charge in [0.25, 0.3) is 0 Å². The van der Waals surface area contributed by atoms with Crippen molar-refractivity contribution in [2.24, 2.45) is 0 Å². The van der Waals surface area contributed by atoms with Crippen molar-refractivity contribution in [3.63, 3.8) is 0 Å². The second-order valence-corrected chi connectivity index (χ2v) is 1.26. The van der Waals surface area contributed by atoms with Crippen molar-refractivity contribution >= 4 is 0 Å². The van der Waals surface area contributed by atoms with E-state index in [0.717, 1.165) is 0 Å². The number of alkyl halides is 5. The van der Waals surface area contributed by atoms with Crippen molar-refractivity contribution in [3.8, 4) is 0 Å². The van der Waals surface area contributed by atoms with Crippen LogP contribution in [0, 0.1) is 0 Å². The van der Waals surface area contributed by atoms with Gasteiger partial charge in [-0.2, -0.15) is 18.5 Å². The van der Waals surface area contributed by atoms with Crippen molar-refractivity contribution < 1.29 is 22.0 Å². The molecule has 0 rings (SSSR count). The van der Waals surface area contributed by atoms with Crippen molar-refractivity contribution in [1.82, 2.24) is 5.32 Å². The standard InChI is InChI=1S/C3H4F5N/c4-1-2(5)9-3(6,7)8/h2,9H,1H2. The Kier molecular flexibility index (Phi) is 2.83. The number of rotatable bonds is 2. The molecule has 0 aliphatic carbocycles. The molecular formula is C3H4F5N. The zero-order valence-corrected chi connectivity index (χ0v) is 4.17. The Bertz CT molecular complexity index is 78.8. The van der Waals surface area contributed by atoms with E-state index in [4.69, 9.17) is 0 Å². The van der Waals surface area contributed by atoms with Crippen molar-refractivity contribution in [1.29, 1.82) is 0 Å². The van der Waals surface area contributed by atoms with E-state index >= 15 is 0 Å². The number of nitrogens with one attached hydrogen (secondary N) is 1. The van der Waals surface area contributed by atoms with Crippen LogP contribution in [0.15, 0.2) is 0 Å². The van der Waals surface area contributed by atoms with Crippen LogP contribution in [0.25, 0.3) is 0 Å².